The largest absolute Gasteiger partial charge is 0.496 e. The van der Waals surface area contributed by atoms with Crippen molar-refractivity contribution in [3.05, 3.63) is 18.3 Å². The topological polar surface area (TPSA) is 40.6 Å². The van der Waals surface area contributed by atoms with Crippen molar-refractivity contribution >= 4 is 12.6 Å². The van der Waals surface area contributed by atoms with Gasteiger partial charge in [-0.25, -0.2) is 13.8 Å². The molecule has 7 heteroatoms. The quantitative estimate of drug-likeness (QED) is 0.784. The predicted molar refractivity (Wildman–Crippen MR) is 80.7 cm³/mol. The van der Waals surface area contributed by atoms with Gasteiger partial charge in [0.05, 0.1) is 11.2 Å². The lowest BCUT2D eigenvalue weighted by atomic mass is 9.80. The molecule has 1 aromatic rings. The van der Waals surface area contributed by atoms with Crippen molar-refractivity contribution in [2.45, 2.75) is 64.8 Å². The molecule has 0 spiro atoms. The van der Waals surface area contributed by atoms with E-state index in [1.807, 2.05) is 27.7 Å². The molecular formula is C15H22BF2NO3. The van der Waals surface area contributed by atoms with E-state index in [0.717, 1.165) is 5.46 Å². The van der Waals surface area contributed by atoms with Crippen LogP contribution in [0.2, 0.25) is 0 Å². The number of alkyl halides is 2. The Hall–Kier alpha value is -1.21. The summed E-state index contributed by atoms with van der Waals surface area (Å²) in [5.41, 5.74) is -0.137. The van der Waals surface area contributed by atoms with Crippen LogP contribution in [0.4, 0.5) is 8.78 Å². The molecular weight excluding hydrogens is 291 g/mol. The van der Waals surface area contributed by atoms with Gasteiger partial charge in [-0.15, -0.1) is 0 Å². The minimum atomic E-state index is -2.53. The van der Waals surface area contributed by atoms with Gasteiger partial charge in [0.25, 0.3) is 6.43 Å². The third-order valence-corrected chi connectivity index (χ3v) is 4.24. The number of hydrogen-bond acceptors (Lipinski definition) is 4. The minimum absolute atomic E-state index is 0.174. The van der Waals surface area contributed by atoms with Crippen LogP contribution >= 0.6 is 0 Å². The fraction of sp³-hybridized carbons (Fsp3) is 0.667. The molecule has 1 aliphatic heterocycles. The normalized spacial score (nSPS) is 21.2. The van der Waals surface area contributed by atoms with Crippen LogP contribution in [-0.4, -0.2) is 35.8 Å². The molecule has 0 aromatic carbocycles. The van der Waals surface area contributed by atoms with Crippen LogP contribution in [0.1, 0.15) is 41.0 Å². The van der Waals surface area contributed by atoms with Crippen molar-refractivity contribution in [2.75, 3.05) is 0 Å². The van der Waals surface area contributed by atoms with Crippen LogP contribution in [-0.2, 0) is 9.31 Å². The lowest BCUT2D eigenvalue weighted by Gasteiger charge is -2.32. The van der Waals surface area contributed by atoms with Crippen molar-refractivity contribution in [3.63, 3.8) is 0 Å². The van der Waals surface area contributed by atoms with E-state index in [1.54, 1.807) is 19.1 Å². The maximum Gasteiger partial charge on any atom is 0.496 e. The third kappa shape index (κ3) is 3.41. The average Bonchev–Trinajstić information content (AvgIpc) is 2.65. The van der Waals surface area contributed by atoms with Crippen molar-refractivity contribution < 1.29 is 22.8 Å². The number of hydrogen-bond donors (Lipinski definition) is 0. The summed E-state index contributed by atoms with van der Waals surface area (Å²) >= 11 is 0. The Balaban J connectivity index is 2.07. The number of pyridine rings is 1. The van der Waals surface area contributed by atoms with E-state index in [-0.39, 0.29) is 12.3 Å². The number of rotatable bonds is 5. The Morgan fingerprint density at radius 2 is 1.77 bits per heavy atom. The molecule has 1 aliphatic rings. The second-order valence-corrected chi connectivity index (χ2v) is 6.42. The van der Waals surface area contributed by atoms with E-state index in [9.17, 15) is 8.78 Å². The molecule has 0 amide bonds. The summed E-state index contributed by atoms with van der Waals surface area (Å²) in [6, 6.07) is 3.29. The van der Waals surface area contributed by atoms with Crippen molar-refractivity contribution in [1.29, 1.82) is 0 Å². The molecule has 1 atom stereocenters. The zero-order valence-electron chi connectivity index (χ0n) is 13.6. The highest BCUT2D eigenvalue weighted by Gasteiger charge is 2.51. The van der Waals surface area contributed by atoms with E-state index in [1.165, 1.54) is 6.20 Å². The Morgan fingerprint density at radius 3 is 2.18 bits per heavy atom. The van der Waals surface area contributed by atoms with Crippen LogP contribution in [0.5, 0.6) is 5.88 Å². The lowest BCUT2D eigenvalue weighted by molar-refractivity contribution is 0.00578. The summed E-state index contributed by atoms with van der Waals surface area (Å²) < 4.78 is 42.4. The zero-order chi connectivity index (χ0) is 16.5. The van der Waals surface area contributed by atoms with Crippen LogP contribution in [0, 0.1) is 0 Å². The van der Waals surface area contributed by atoms with Gasteiger partial charge >= 0.3 is 7.12 Å². The van der Waals surface area contributed by atoms with Crippen LogP contribution < -0.4 is 10.2 Å². The number of ether oxygens (including phenoxy) is 1. The molecule has 122 valence electrons. The van der Waals surface area contributed by atoms with Gasteiger partial charge in [-0.2, -0.15) is 0 Å². The smallest absolute Gasteiger partial charge is 0.468 e. The van der Waals surface area contributed by atoms with Crippen LogP contribution in [0.3, 0.4) is 0 Å². The van der Waals surface area contributed by atoms with Gasteiger partial charge < -0.3 is 14.0 Å². The molecule has 0 N–H and O–H groups in total. The van der Waals surface area contributed by atoms with Crippen molar-refractivity contribution in [1.82, 2.24) is 4.98 Å². The first-order valence-electron chi connectivity index (χ1n) is 7.42. The summed E-state index contributed by atoms with van der Waals surface area (Å²) in [6.45, 7) is 9.51. The van der Waals surface area contributed by atoms with Gasteiger partial charge in [-0.05, 0) is 40.2 Å². The van der Waals surface area contributed by atoms with Gasteiger partial charge in [0.1, 0.15) is 0 Å². The van der Waals surface area contributed by atoms with Crippen LogP contribution in [0.25, 0.3) is 0 Å². The number of aromatic nitrogens is 1. The first-order valence-corrected chi connectivity index (χ1v) is 7.42. The molecule has 4 nitrogen and oxygen atoms in total. The predicted octanol–water partition coefficient (Wildman–Crippen LogP) is 2.80. The van der Waals surface area contributed by atoms with E-state index in [4.69, 9.17) is 14.0 Å². The Kier molecular flexibility index (Phi) is 4.77. The SMILES string of the molecule is CCC(Oc1ccc(B2OC(C)(C)C(C)(C)O2)cn1)C(F)F. The monoisotopic (exact) mass is 313 g/mol. The van der Waals surface area contributed by atoms with Gasteiger partial charge in [0.15, 0.2) is 6.10 Å². The maximum absolute atomic E-state index is 12.7. The van der Waals surface area contributed by atoms with Crippen molar-refractivity contribution in [3.8, 4) is 5.88 Å². The fourth-order valence-corrected chi connectivity index (χ4v) is 2.05. The molecule has 0 bridgehead atoms. The van der Waals surface area contributed by atoms with Crippen LogP contribution in [0.15, 0.2) is 18.3 Å². The molecule has 1 saturated heterocycles. The summed E-state index contributed by atoms with van der Waals surface area (Å²) in [5, 5.41) is 0. The van der Waals surface area contributed by atoms with E-state index in [2.05, 4.69) is 4.98 Å². The maximum atomic E-state index is 12.7. The Morgan fingerprint density at radius 1 is 1.18 bits per heavy atom. The summed E-state index contributed by atoms with van der Waals surface area (Å²) in [7, 11) is -0.524. The number of halogens is 2. The Labute approximate surface area is 130 Å². The molecule has 1 aromatic heterocycles. The molecule has 0 saturated carbocycles. The fourth-order valence-electron chi connectivity index (χ4n) is 2.05. The van der Waals surface area contributed by atoms with Crippen molar-refractivity contribution in [2.24, 2.45) is 0 Å². The third-order valence-electron chi connectivity index (χ3n) is 4.24. The lowest BCUT2D eigenvalue weighted by Crippen LogP contribution is -2.41. The van der Waals surface area contributed by atoms with E-state index in [0.29, 0.717) is 0 Å². The standard InChI is InChI=1S/C15H22BF2NO3/c1-6-11(13(17)18)20-12-8-7-10(9-19-12)16-21-14(2,3)15(4,5)22-16/h7-9,11,13H,6H2,1-5H3. The molecule has 0 aliphatic carbocycles. The van der Waals surface area contributed by atoms with Gasteiger partial charge in [0, 0.05) is 11.7 Å². The van der Waals surface area contributed by atoms with E-state index < -0.39 is 30.8 Å². The Bertz CT molecular complexity index is 492. The first-order chi connectivity index (χ1) is 10.2. The van der Waals surface area contributed by atoms with Gasteiger partial charge in [-0.1, -0.05) is 13.0 Å². The van der Waals surface area contributed by atoms with E-state index >= 15 is 0 Å². The second-order valence-electron chi connectivity index (χ2n) is 6.42. The highest BCUT2D eigenvalue weighted by molar-refractivity contribution is 6.62. The molecule has 1 fully saturated rings. The molecule has 1 unspecified atom stereocenters. The second kappa shape index (κ2) is 6.12. The molecule has 2 heterocycles. The van der Waals surface area contributed by atoms with Gasteiger partial charge in [0.2, 0.25) is 5.88 Å². The highest BCUT2D eigenvalue weighted by atomic mass is 19.3. The number of nitrogens with zero attached hydrogens (tertiary/aromatic N) is 1. The first kappa shape index (κ1) is 17.2. The zero-order valence-corrected chi connectivity index (χ0v) is 13.6. The molecule has 22 heavy (non-hydrogen) atoms. The summed E-state index contributed by atoms with van der Waals surface area (Å²) in [5.74, 6) is 0.174. The average molecular weight is 313 g/mol. The minimum Gasteiger partial charge on any atom is -0.468 e. The molecule has 0 radical (unpaired) electrons. The summed E-state index contributed by atoms with van der Waals surface area (Å²) in [6.07, 6.45) is -1.92. The molecule has 2 rings (SSSR count). The highest BCUT2D eigenvalue weighted by Crippen LogP contribution is 2.36. The summed E-state index contributed by atoms with van der Waals surface area (Å²) in [4.78, 5) is 4.07. The van der Waals surface area contributed by atoms with Gasteiger partial charge in [-0.3, -0.25) is 0 Å².